The van der Waals surface area contributed by atoms with Gasteiger partial charge in [0.2, 0.25) is 0 Å². The van der Waals surface area contributed by atoms with Gasteiger partial charge in [-0.1, -0.05) is 0 Å². The third kappa shape index (κ3) is 3.21. The summed E-state index contributed by atoms with van der Waals surface area (Å²) in [5, 5.41) is 9.54. The van der Waals surface area contributed by atoms with Crippen molar-refractivity contribution in [3.8, 4) is 0 Å². The number of hydrogen-bond acceptors (Lipinski definition) is 7. The van der Waals surface area contributed by atoms with E-state index in [2.05, 4.69) is 20.0 Å². The number of nitrogens with two attached hydrogens (primary N) is 1. The maximum atomic E-state index is 11.7. The van der Waals surface area contributed by atoms with Gasteiger partial charge < -0.3 is 16.4 Å². The number of nitrogens with one attached hydrogen (secondary N) is 2. The fourth-order valence-corrected chi connectivity index (χ4v) is 2.98. The largest absolute Gasteiger partial charge is 0.382 e. The van der Waals surface area contributed by atoms with Crippen molar-refractivity contribution in [3.63, 3.8) is 0 Å². The molecule has 0 saturated heterocycles. The molecular weight excluding hydrogens is 282 g/mol. The Kier molecular flexibility index (Phi) is 4.33. The minimum atomic E-state index is -0.224. The number of carbonyl (C=O) groups is 1. The molecule has 2 heterocycles. The second-order valence-electron chi connectivity index (χ2n) is 3.89. The van der Waals surface area contributed by atoms with E-state index in [1.165, 1.54) is 11.5 Å². The Hall–Kier alpha value is -1.67. The smallest absolute Gasteiger partial charge is 0.257 e. The van der Waals surface area contributed by atoms with Gasteiger partial charge in [0.25, 0.3) is 5.91 Å². The first-order chi connectivity index (χ1) is 9.11. The quantitative estimate of drug-likeness (QED) is 0.778. The van der Waals surface area contributed by atoms with E-state index in [4.69, 9.17) is 5.73 Å². The summed E-state index contributed by atoms with van der Waals surface area (Å²) in [5.41, 5.74) is 7.16. The molecule has 102 valence electrons. The third-order valence-electron chi connectivity index (χ3n) is 2.51. The molecule has 0 atom stereocenters. The maximum absolute atomic E-state index is 11.7. The van der Waals surface area contributed by atoms with Gasteiger partial charge >= 0.3 is 0 Å². The van der Waals surface area contributed by atoms with Gasteiger partial charge in [-0.15, -0.1) is 11.3 Å². The molecule has 0 spiro atoms. The van der Waals surface area contributed by atoms with Crippen molar-refractivity contribution in [3.05, 3.63) is 21.6 Å². The Labute approximate surface area is 119 Å². The number of nitrogen functional groups attached to an aromatic ring is 1. The number of hydrogen-bond donors (Lipinski definition) is 3. The molecule has 0 aliphatic carbocycles. The number of anilines is 2. The van der Waals surface area contributed by atoms with E-state index in [9.17, 15) is 4.79 Å². The predicted molar refractivity (Wildman–Crippen MR) is 79.0 cm³/mol. The van der Waals surface area contributed by atoms with Crippen molar-refractivity contribution >= 4 is 39.6 Å². The van der Waals surface area contributed by atoms with E-state index in [1.54, 1.807) is 18.4 Å². The highest BCUT2D eigenvalue weighted by molar-refractivity contribution is 7.11. The van der Waals surface area contributed by atoms with Gasteiger partial charge in [0.05, 0.1) is 10.7 Å². The molecule has 0 unspecified atom stereocenters. The van der Waals surface area contributed by atoms with Crippen LogP contribution in [0.2, 0.25) is 0 Å². The second-order valence-corrected chi connectivity index (χ2v) is 5.72. The minimum absolute atomic E-state index is 0.224. The lowest BCUT2D eigenvalue weighted by atomic mass is 10.3. The molecule has 0 radical (unpaired) electrons. The van der Waals surface area contributed by atoms with Crippen LogP contribution in [0.4, 0.5) is 10.8 Å². The van der Waals surface area contributed by atoms with Gasteiger partial charge in [0.1, 0.15) is 10.6 Å². The van der Waals surface area contributed by atoms with Crippen LogP contribution in [0.15, 0.2) is 5.38 Å². The highest BCUT2D eigenvalue weighted by Crippen LogP contribution is 2.26. The van der Waals surface area contributed by atoms with E-state index in [0.29, 0.717) is 17.1 Å². The molecule has 0 fully saturated rings. The molecule has 0 aromatic carbocycles. The minimum Gasteiger partial charge on any atom is -0.382 e. The van der Waals surface area contributed by atoms with Gasteiger partial charge in [-0.25, -0.2) is 4.98 Å². The Bertz CT molecular complexity index is 577. The summed E-state index contributed by atoms with van der Waals surface area (Å²) in [5.74, 6) is 0.0367. The molecule has 19 heavy (non-hydrogen) atoms. The Morgan fingerprint density at radius 1 is 1.53 bits per heavy atom. The van der Waals surface area contributed by atoms with Crippen molar-refractivity contribution in [2.75, 3.05) is 24.6 Å². The zero-order valence-corrected chi connectivity index (χ0v) is 12.3. The SMILES string of the molecule is CNC(=O)c1c(N)nsc1NCCc1csc(C)n1. The lowest BCUT2D eigenvalue weighted by Gasteiger charge is -2.05. The average molecular weight is 297 g/mol. The summed E-state index contributed by atoms with van der Waals surface area (Å²) >= 11 is 2.83. The highest BCUT2D eigenvalue weighted by atomic mass is 32.1. The molecule has 8 heteroatoms. The molecule has 2 aromatic heterocycles. The van der Waals surface area contributed by atoms with Crippen LogP contribution in [0.3, 0.4) is 0 Å². The molecule has 4 N–H and O–H groups in total. The maximum Gasteiger partial charge on any atom is 0.257 e. The van der Waals surface area contributed by atoms with Crippen molar-refractivity contribution in [2.45, 2.75) is 13.3 Å². The lowest BCUT2D eigenvalue weighted by Crippen LogP contribution is -2.20. The Balaban J connectivity index is 1.98. The summed E-state index contributed by atoms with van der Waals surface area (Å²) in [7, 11) is 1.57. The van der Waals surface area contributed by atoms with Crippen LogP contribution in [0.1, 0.15) is 21.1 Å². The zero-order chi connectivity index (χ0) is 13.8. The summed E-state index contributed by atoms with van der Waals surface area (Å²) in [6.45, 7) is 2.67. The van der Waals surface area contributed by atoms with Crippen molar-refractivity contribution < 1.29 is 4.79 Å². The molecule has 0 bridgehead atoms. The number of thiazole rings is 1. The van der Waals surface area contributed by atoms with Gasteiger partial charge in [-0.05, 0) is 18.5 Å². The van der Waals surface area contributed by atoms with Crippen LogP contribution >= 0.6 is 22.9 Å². The molecular formula is C11H15N5OS2. The van der Waals surface area contributed by atoms with E-state index in [0.717, 1.165) is 17.1 Å². The monoisotopic (exact) mass is 297 g/mol. The molecule has 2 rings (SSSR count). The van der Waals surface area contributed by atoms with Crippen LogP contribution in [-0.2, 0) is 6.42 Å². The first-order valence-corrected chi connectivity index (χ1v) is 7.39. The normalized spacial score (nSPS) is 10.4. The second kappa shape index (κ2) is 5.98. The van der Waals surface area contributed by atoms with Crippen LogP contribution in [-0.4, -0.2) is 28.9 Å². The van der Waals surface area contributed by atoms with E-state index < -0.39 is 0 Å². The molecule has 6 nitrogen and oxygen atoms in total. The first kappa shape index (κ1) is 13.8. The molecule has 0 aliphatic rings. The Morgan fingerprint density at radius 3 is 2.95 bits per heavy atom. The third-order valence-corrected chi connectivity index (χ3v) is 4.15. The fourth-order valence-electron chi connectivity index (χ4n) is 1.59. The molecule has 2 aromatic rings. The number of rotatable bonds is 5. The molecule has 0 saturated carbocycles. The van der Waals surface area contributed by atoms with Crippen LogP contribution in [0.25, 0.3) is 0 Å². The van der Waals surface area contributed by atoms with Crippen molar-refractivity contribution in [2.24, 2.45) is 0 Å². The Morgan fingerprint density at radius 2 is 2.32 bits per heavy atom. The van der Waals surface area contributed by atoms with Crippen LogP contribution in [0.5, 0.6) is 0 Å². The number of aryl methyl sites for hydroxylation is 1. The lowest BCUT2D eigenvalue weighted by molar-refractivity contribution is 0.0965. The summed E-state index contributed by atoms with van der Waals surface area (Å²) in [4.78, 5) is 16.1. The van der Waals surface area contributed by atoms with Gasteiger partial charge in [-0.3, -0.25) is 4.79 Å². The topological polar surface area (TPSA) is 92.9 Å². The van der Waals surface area contributed by atoms with Crippen LogP contribution in [0, 0.1) is 6.92 Å². The number of nitrogens with zero attached hydrogens (tertiary/aromatic N) is 2. The van der Waals surface area contributed by atoms with Gasteiger partial charge in [-0.2, -0.15) is 4.37 Å². The predicted octanol–water partition coefficient (Wildman–Crippen LogP) is 1.50. The van der Waals surface area contributed by atoms with Crippen LogP contribution < -0.4 is 16.4 Å². The number of aromatic nitrogens is 2. The number of amides is 1. The standard InChI is InChI=1S/C11H15N5OS2/c1-6-15-7(5-18-6)3-4-14-11-8(10(17)13-2)9(12)16-19-11/h5,14H,3-4H2,1-2H3,(H2,12,16)(H,13,17). The summed E-state index contributed by atoms with van der Waals surface area (Å²) < 4.78 is 4.00. The number of carbonyl (C=O) groups excluding carboxylic acids is 1. The van der Waals surface area contributed by atoms with E-state index >= 15 is 0 Å². The zero-order valence-electron chi connectivity index (χ0n) is 10.7. The fraction of sp³-hybridized carbons (Fsp3) is 0.364. The van der Waals surface area contributed by atoms with Crippen molar-refractivity contribution in [1.29, 1.82) is 0 Å². The summed E-state index contributed by atoms with van der Waals surface area (Å²) in [6.07, 6.45) is 0.801. The summed E-state index contributed by atoms with van der Waals surface area (Å²) in [6, 6.07) is 0. The van der Waals surface area contributed by atoms with Gasteiger partial charge in [0.15, 0.2) is 5.82 Å². The van der Waals surface area contributed by atoms with E-state index in [-0.39, 0.29) is 11.7 Å². The van der Waals surface area contributed by atoms with E-state index in [1.807, 2.05) is 12.3 Å². The van der Waals surface area contributed by atoms with Crippen molar-refractivity contribution in [1.82, 2.24) is 14.7 Å². The van der Waals surface area contributed by atoms with Gasteiger partial charge in [0, 0.05) is 25.4 Å². The first-order valence-electron chi connectivity index (χ1n) is 5.74. The molecule has 0 aliphatic heterocycles. The highest BCUT2D eigenvalue weighted by Gasteiger charge is 2.17. The average Bonchev–Trinajstić information content (AvgIpc) is 2.96. The molecule has 1 amide bonds.